The molecule has 5 heteroatoms. The van der Waals surface area contributed by atoms with E-state index in [1.54, 1.807) is 4.90 Å². The average molecular weight is 330 g/mol. The smallest absolute Gasteiger partial charge is 0.410 e. The molecule has 2 N–H and O–H groups in total. The van der Waals surface area contributed by atoms with Gasteiger partial charge < -0.3 is 19.7 Å². The van der Waals surface area contributed by atoms with Crippen LogP contribution in [0.25, 0.3) is 10.9 Å². The molecule has 3 rings (SSSR count). The summed E-state index contributed by atoms with van der Waals surface area (Å²) in [6, 6.07) is 6.20. The Morgan fingerprint density at radius 3 is 2.79 bits per heavy atom. The molecule has 1 aliphatic heterocycles. The fraction of sp³-hybridized carbons (Fsp3) is 0.526. The number of hydrogen-bond donors (Lipinski definition) is 2. The van der Waals surface area contributed by atoms with E-state index in [4.69, 9.17) is 4.74 Å². The number of fused-ring (bicyclic) bond motifs is 1. The van der Waals surface area contributed by atoms with Gasteiger partial charge in [-0.15, -0.1) is 0 Å². The maximum absolute atomic E-state index is 12.2. The normalized spacial score (nSPS) is 22.0. The van der Waals surface area contributed by atoms with Crippen LogP contribution in [0.2, 0.25) is 0 Å². The molecular weight excluding hydrogens is 304 g/mol. The van der Waals surface area contributed by atoms with Crippen LogP contribution in [0.15, 0.2) is 24.4 Å². The SMILES string of the molecule is Cc1cccc2c([C@@H]3CCN(C(=O)OC(C)(C)C)C[C@@H]3O)c[nH]c12. The lowest BCUT2D eigenvalue weighted by Gasteiger charge is -2.36. The number of ether oxygens (including phenoxy) is 1. The van der Waals surface area contributed by atoms with Crippen molar-refractivity contribution in [2.45, 2.75) is 51.7 Å². The van der Waals surface area contributed by atoms with E-state index >= 15 is 0 Å². The lowest BCUT2D eigenvalue weighted by atomic mass is 9.87. The van der Waals surface area contributed by atoms with E-state index in [1.807, 2.05) is 33.0 Å². The number of carbonyl (C=O) groups is 1. The summed E-state index contributed by atoms with van der Waals surface area (Å²) in [5.41, 5.74) is 2.92. The summed E-state index contributed by atoms with van der Waals surface area (Å²) in [7, 11) is 0. The Kier molecular flexibility index (Phi) is 4.30. The minimum atomic E-state index is -0.592. The van der Waals surface area contributed by atoms with Gasteiger partial charge in [-0.25, -0.2) is 4.79 Å². The van der Waals surface area contributed by atoms with Gasteiger partial charge in [0.05, 0.1) is 12.6 Å². The molecule has 1 aromatic carbocycles. The lowest BCUT2D eigenvalue weighted by Crippen LogP contribution is -2.47. The summed E-state index contributed by atoms with van der Waals surface area (Å²) in [6.45, 7) is 8.52. The van der Waals surface area contributed by atoms with Crippen LogP contribution in [-0.2, 0) is 4.74 Å². The molecule has 5 nitrogen and oxygen atoms in total. The fourth-order valence-electron chi connectivity index (χ4n) is 3.42. The highest BCUT2D eigenvalue weighted by Gasteiger charge is 2.34. The number of rotatable bonds is 1. The van der Waals surface area contributed by atoms with Crippen molar-refractivity contribution < 1.29 is 14.6 Å². The average Bonchev–Trinajstić information content (AvgIpc) is 2.90. The molecule has 1 saturated heterocycles. The number of hydrogen-bond acceptors (Lipinski definition) is 3. The highest BCUT2D eigenvalue weighted by molar-refractivity contribution is 5.86. The van der Waals surface area contributed by atoms with Gasteiger partial charge >= 0.3 is 6.09 Å². The molecule has 0 aliphatic carbocycles. The number of amides is 1. The number of carbonyl (C=O) groups excluding carboxylic acids is 1. The van der Waals surface area contributed by atoms with Gasteiger partial charge in [-0.3, -0.25) is 0 Å². The number of nitrogens with one attached hydrogen (secondary N) is 1. The Balaban J connectivity index is 1.76. The number of benzene rings is 1. The van der Waals surface area contributed by atoms with Crippen LogP contribution in [0.5, 0.6) is 0 Å². The third-order valence-corrected chi connectivity index (χ3v) is 4.59. The highest BCUT2D eigenvalue weighted by atomic mass is 16.6. The van der Waals surface area contributed by atoms with Gasteiger partial charge in [-0.1, -0.05) is 18.2 Å². The Bertz CT molecular complexity index is 745. The molecule has 0 bridgehead atoms. The molecule has 130 valence electrons. The minimum absolute atomic E-state index is 0.0271. The van der Waals surface area contributed by atoms with Gasteiger partial charge in [-0.2, -0.15) is 0 Å². The number of aryl methyl sites for hydroxylation is 1. The number of aromatic nitrogens is 1. The molecule has 0 radical (unpaired) electrons. The number of aliphatic hydroxyl groups excluding tert-OH is 1. The van der Waals surface area contributed by atoms with Crippen LogP contribution < -0.4 is 0 Å². The zero-order valence-electron chi connectivity index (χ0n) is 14.8. The lowest BCUT2D eigenvalue weighted by molar-refractivity contribution is -0.00138. The third kappa shape index (κ3) is 3.26. The summed E-state index contributed by atoms with van der Waals surface area (Å²) >= 11 is 0. The maximum atomic E-state index is 12.2. The first-order valence-electron chi connectivity index (χ1n) is 8.49. The van der Waals surface area contributed by atoms with Crippen LogP contribution in [0.3, 0.4) is 0 Å². The van der Waals surface area contributed by atoms with Crippen LogP contribution in [0, 0.1) is 6.92 Å². The van der Waals surface area contributed by atoms with E-state index in [9.17, 15) is 9.90 Å². The number of H-pyrrole nitrogens is 1. The Morgan fingerprint density at radius 1 is 1.38 bits per heavy atom. The van der Waals surface area contributed by atoms with Crippen molar-refractivity contribution in [3.8, 4) is 0 Å². The Morgan fingerprint density at radius 2 is 2.12 bits per heavy atom. The molecule has 1 aromatic heterocycles. The number of para-hydroxylation sites is 1. The highest BCUT2D eigenvalue weighted by Crippen LogP contribution is 2.34. The number of aromatic amines is 1. The summed E-state index contributed by atoms with van der Waals surface area (Å²) in [5.74, 6) is 0.0271. The first-order valence-corrected chi connectivity index (χ1v) is 8.49. The molecule has 1 aliphatic rings. The van der Waals surface area contributed by atoms with Crippen LogP contribution in [0.4, 0.5) is 4.79 Å². The van der Waals surface area contributed by atoms with Crippen molar-refractivity contribution in [3.05, 3.63) is 35.5 Å². The fourth-order valence-corrected chi connectivity index (χ4v) is 3.42. The van der Waals surface area contributed by atoms with Gasteiger partial charge in [0.1, 0.15) is 5.60 Å². The van der Waals surface area contributed by atoms with Crippen molar-refractivity contribution in [1.29, 1.82) is 0 Å². The first kappa shape index (κ1) is 16.8. The number of likely N-dealkylation sites (tertiary alicyclic amines) is 1. The zero-order chi connectivity index (χ0) is 17.5. The number of piperidine rings is 1. The largest absolute Gasteiger partial charge is 0.444 e. The molecular formula is C19H26N2O3. The second kappa shape index (κ2) is 6.13. The summed E-state index contributed by atoms with van der Waals surface area (Å²) < 4.78 is 5.41. The Labute approximate surface area is 142 Å². The van der Waals surface area contributed by atoms with E-state index in [0.717, 1.165) is 22.9 Å². The first-order chi connectivity index (χ1) is 11.3. The topological polar surface area (TPSA) is 65.6 Å². The second-order valence-corrected chi connectivity index (χ2v) is 7.63. The van der Waals surface area contributed by atoms with Crippen LogP contribution in [-0.4, -0.2) is 45.9 Å². The molecule has 1 amide bonds. The number of nitrogens with zero attached hydrogens (tertiary/aromatic N) is 1. The second-order valence-electron chi connectivity index (χ2n) is 7.63. The standard InChI is InChI=1S/C19H26N2O3/c1-12-6-5-7-14-15(10-20-17(12)14)13-8-9-21(11-16(13)22)18(23)24-19(2,3)4/h5-7,10,13,16,20,22H,8-9,11H2,1-4H3/t13-,16-/m0/s1. The van der Waals surface area contributed by atoms with Gasteiger partial charge in [0.25, 0.3) is 0 Å². The van der Waals surface area contributed by atoms with E-state index in [2.05, 4.69) is 24.0 Å². The monoisotopic (exact) mass is 330 g/mol. The predicted molar refractivity (Wildman–Crippen MR) is 94.2 cm³/mol. The van der Waals surface area contributed by atoms with Gasteiger partial charge in [0.15, 0.2) is 0 Å². The van der Waals surface area contributed by atoms with Crippen molar-refractivity contribution in [1.82, 2.24) is 9.88 Å². The van der Waals surface area contributed by atoms with Gasteiger partial charge in [0.2, 0.25) is 0 Å². The van der Waals surface area contributed by atoms with Crippen LogP contribution >= 0.6 is 0 Å². The molecule has 24 heavy (non-hydrogen) atoms. The van der Waals surface area contributed by atoms with Crippen molar-refractivity contribution in [3.63, 3.8) is 0 Å². The molecule has 2 aromatic rings. The molecule has 0 unspecified atom stereocenters. The predicted octanol–water partition coefficient (Wildman–Crippen LogP) is 3.56. The Hall–Kier alpha value is -2.01. The van der Waals surface area contributed by atoms with E-state index in [-0.39, 0.29) is 12.0 Å². The van der Waals surface area contributed by atoms with E-state index in [1.165, 1.54) is 5.56 Å². The molecule has 2 heterocycles. The summed E-state index contributed by atoms with van der Waals surface area (Å²) in [6.07, 6.45) is 1.77. The van der Waals surface area contributed by atoms with Crippen molar-refractivity contribution in [2.24, 2.45) is 0 Å². The van der Waals surface area contributed by atoms with Crippen molar-refractivity contribution in [2.75, 3.05) is 13.1 Å². The summed E-state index contributed by atoms with van der Waals surface area (Å²) in [5, 5.41) is 11.8. The minimum Gasteiger partial charge on any atom is -0.444 e. The quantitative estimate of drug-likeness (QED) is 0.840. The zero-order valence-corrected chi connectivity index (χ0v) is 14.8. The molecule has 0 spiro atoms. The van der Waals surface area contributed by atoms with Crippen molar-refractivity contribution >= 4 is 17.0 Å². The van der Waals surface area contributed by atoms with Crippen LogP contribution in [0.1, 0.15) is 44.2 Å². The van der Waals surface area contributed by atoms with E-state index in [0.29, 0.717) is 13.1 Å². The number of β-amino-alcohol motifs (C(OH)–C–C–N with tert-alkyl or cyclic N) is 1. The molecule has 0 saturated carbocycles. The van der Waals surface area contributed by atoms with Gasteiger partial charge in [0, 0.05) is 29.6 Å². The van der Waals surface area contributed by atoms with Gasteiger partial charge in [-0.05, 0) is 45.2 Å². The summed E-state index contributed by atoms with van der Waals surface area (Å²) in [4.78, 5) is 17.1. The maximum Gasteiger partial charge on any atom is 0.410 e. The number of aliphatic hydroxyl groups is 1. The third-order valence-electron chi connectivity index (χ3n) is 4.59. The molecule has 2 atom stereocenters. The molecule has 1 fully saturated rings. The van der Waals surface area contributed by atoms with E-state index < -0.39 is 11.7 Å².